The molecule has 1 unspecified atom stereocenters. The van der Waals surface area contributed by atoms with Gasteiger partial charge in [0.15, 0.2) is 0 Å². The third kappa shape index (κ3) is 5.03. The average molecular weight is 327 g/mol. The van der Waals surface area contributed by atoms with Crippen LogP contribution in [0.5, 0.6) is 0 Å². The zero-order valence-corrected chi connectivity index (χ0v) is 13.2. The predicted octanol–water partition coefficient (Wildman–Crippen LogP) is 3.39. The predicted molar refractivity (Wildman–Crippen MR) is 81.5 cm³/mol. The fraction of sp³-hybridized carbons (Fsp3) is 0.429. The Labute approximate surface area is 122 Å². The average Bonchev–Trinajstić information content (AvgIpc) is 2.30. The Morgan fingerprint density at radius 2 is 1.47 bits per heavy atom. The number of amides is 2. The molecule has 1 aromatic carbocycles. The van der Waals surface area contributed by atoms with Crippen molar-refractivity contribution in [1.29, 1.82) is 0 Å². The minimum absolute atomic E-state index is 0.0432. The summed E-state index contributed by atoms with van der Waals surface area (Å²) >= 11 is 3.20. The molecule has 0 saturated carbocycles. The molecule has 2 N–H and O–H groups in total. The molecule has 2 amide bonds. The van der Waals surface area contributed by atoms with E-state index in [4.69, 9.17) is 0 Å². The SMILES string of the molecule is CC(Br)C(=O)Nc1ccc(NC(=O)C(C)(C)C)cc1. The van der Waals surface area contributed by atoms with E-state index in [9.17, 15) is 9.59 Å². The first kappa shape index (κ1) is 15.7. The number of nitrogens with one attached hydrogen (secondary N) is 2. The summed E-state index contributed by atoms with van der Waals surface area (Å²) < 4.78 is 0. The van der Waals surface area contributed by atoms with Crippen LogP contribution in [0.2, 0.25) is 0 Å². The van der Waals surface area contributed by atoms with Crippen LogP contribution in [-0.4, -0.2) is 16.6 Å². The molecular formula is C14H19BrN2O2. The molecule has 0 spiro atoms. The topological polar surface area (TPSA) is 58.2 Å². The molecule has 0 radical (unpaired) electrons. The molecule has 1 rings (SSSR count). The lowest BCUT2D eigenvalue weighted by Gasteiger charge is -2.17. The molecule has 0 aliphatic carbocycles. The van der Waals surface area contributed by atoms with E-state index < -0.39 is 5.41 Å². The fourth-order valence-electron chi connectivity index (χ4n) is 1.20. The summed E-state index contributed by atoms with van der Waals surface area (Å²) in [4.78, 5) is 23.0. The maximum atomic E-state index is 11.8. The lowest BCUT2D eigenvalue weighted by Crippen LogP contribution is -2.27. The van der Waals surface area contributed by atoms with Gasteiger partial charge >= 0.3 is 0 Å². The molecule has 5 heteroatoms. The van der Waals surface area contributed by atoms with Gasteiger partial charge in [0, 0.05) is 16.8 Å². The van der Waals surface area contributed by atoms with Gasteiger partial charge in [-0.15, -0.1) is 0 Å². The quantitative estimate of drug-likeness (QED) is 0.836. The standard InChI is InChI=1S/C14H19BrN2O2/c1-9(15)12(18)16-10-5-7-11(8-6-10)17-13(19)14(2,3)4/h5-9H,1-4H3,(H,16,18)(H,17,19). The summed E-state index contributed by atoms with van der Waals surface area (Å²) in [7, 11) is 0. The summed E-state index contributed by atoms with van der Waals surface area (Å²) in [6, 6.07) is 7.04. The van der Waals surface area contributed by atoms with Gasteiger partial charge in [-0.25, -0.2) is 0 Å². The number of hydrogen-bond donors (Lipinski definition) is 2. The van der Waals surface area contributed by atoms with E-state index in [1.54, 1.807) is 31.2 Å². The highest BCUT2D eigenvalue weighted by Crippen LogP contribution is 2.19. The van der Waals surface area contributed by atoms with Crippen molar-refractivity contribution < 1.29 is 9.59 Å². The van der Waals surface area contributed by atoms with Crippen molar-refractivity contribution in [3.63, 3.8) is 0 Å². The van der Waals surface area contributed by atoms with E-state index >= 15 is 0 Å². The molecule has 19 heavy (non-hydrogen) atoms. The van der Waals surface area contributed by atoms with Crippen LogP contribution in [0, 0.1) is 5.41 Å². The van der Waals surface area contributed by atoms with Crippen molar-refractivity contribution in [1.82, 2.24) is 0 Å². The number of rotatable bonds is 3. The summed E-state index contributed by atoms with van der Waals surface area (Å²) in [5.74, 6) is -0.148. The Morgan fingerprint density at radius 3 is 1.84 bits per heavy atom. The Hall–Kier alpha value is -1.36. The second kappa shape index (κ2) is 6.19. The van der Waals surface area contributed by atoms with Gasteiger partial charge in [-0.2, -0.15) is 0 Å². The van der Waals surface area contributed by atoms with Crippen LogP contribution in [0.1, 0.15) is 27.7 Å². The van der Waals surface area contributed by atoms with Gasteiger partial charge < -0.3 is 10.6 Å². The lowest BCUT2D eigenvalue weighted by atomic mass is 9.95. The van der Waals surface area contributed by atoms with Gasteiger partial charge in [-0.3, -0.25) is 9.59 Å². The van der Waals surface area contributed by atoms with Crippen LogP contribution < -0.4 is 10.6 Å². The Morgan fingerprint density at radius 1 is 1.05 bits per heavy atom. The first-order valence-electron chi connectivity index (χ1n) is 6.06. The lowest BCUT2D eigenvalue weighted by molar-refractivity contribution is -0.123. The van der Waals surface area contributed by atoms with Crippen molar-refractivity contribution in [2.75, 3.05) is 10.6 Å². The third-order valence-corrected chi connectivity index (χ3v) is 2.87. The van der Waals surface area contributed by atoms with Gasteiger partial charge in [-0.1, -0.05) is 36.7 Å². The molecule has 0 aliphatic rings. The maximum Gasteiger partial charge on any atom is 0.237 e. The van der Waals surface area contributed by atoms with E-state index in [2.05, 4.69) is 26.6 Å². The number of carbonyl (C=O) groups is 2. The Balaban J connectivity index is 2.67. The zero-order valence-electron chi connectivity index (χ0n) is 11.6. The summed E-state index contributed by atoms with van der Waals surface area (Å²) in [6.07, 6.45) is 0. The first-order valence-corrected chi connectivity index (χ1v) is 6.98. The van der Waals surface area contributed by atoms with Crippen LogP contribution in [0.3, 0.4) is 0 Å². The van der Waals surface area contributed by atoms with Gasteiger partial charge in [0.2, 0.25) is 11.8 Å². The molecule has 4 nitrogen and oxygen atoms in total. The Kier molecular flexibility index (Phi) is 5.11. The summed E-state index contributed by atoms with van der Waals surface area (Å²) in [5, 5.41) is 5.58. The minimum atomic E-state index is -0.432. The first-order chi connectivity index (χ1) is 8.70. The third-order valence-electron chi connectivity index (χ3n) is 2.45. The molecule has 0 heterocycles. The Bertz CT molecular complexity index is 461. The highest BCUT2D eigenvalue weighted by Gasteiger charge is 2.21. The second-order valence-electron chi connectivity index (χ2n) is 5.39. The van der Waals surface area contributed by atoms with Crippen molar-refractivity contribution in [3.05, 3.63) is 24.3 Å². The number of halogens is 1. The smallest absolute Gasteiger partial charge is 0.237 e. The molecule has 104 valence electrons. The van der Waals surface area contributed by atoms with E-state index in [0.29, 0.717) is 11.4 Å². The number of alkyl halides is 1. The minimum Gasteiger partial charge on any atom is -0.326 e. The van der Waals surface area contributed by atoms with Crippen molar-refractivity contribution in [2.45, 2.75) is 32.5 Å². The monoisotopic (exact) mass is 326 g/mol. The van der Waals surface area contributed by atoms with Crippen LogP contribution in [0.15, 0.2) is 24.3 Å². The van der Waals surface area contributed by atoms with Gasteiger partial charge in [-0.05, 0) is 31.2 Å². The van der Waals surface area contributed by atoms with Gasteiger partial charge in [0.1, 0.15) is 0 Å². The molecule has 1 atom stereocenters. The number of anilines is 2. The van der Waals surface area contributed by atoms with Gasteiger partial charge in [0.05, 0.1) is 4.83 Å². The molecule has 0 fully saturated rings. The normalized spacial score (nSPS) is 12.7. The number of carbonyl (C=O) groups excluding carboxylic acids is 2. The summed E-state index contributed by atoms with van der Waals surface area (Å²) in [5.41, 5.74) is 0.980. The fourth-order valence-corrected chi connectivity index (χ4v) is 1.31. The van der Waals surface area contributed by atoms with E-state index in [1.807, 2.05) is 20.8 Å². The maximum absolute atomic E-state index is 11.8. The van der Waals surface area contributed by atoms with Gasteiger partial charge in [0.25, 0.3) is 0 Å². The van der Waals surface area contributed by atoms with Crippen molar-refractivity contribution in [3.8, 4) is 0 Å². The highest BCUT2D eigenvalue weighted by molar-refractivity contribution is 9.10. The van der Waals surface area contributed by atoms with Crippen molar-refractivity contribution in [2.24, 2.45) is 5.41 Å². The highest BCUT2D eigenvalue weighted by atomic mass is 79.9. The van der Waals surface area contributed by atoms with Crippen LogP contribution >= 0.6 is 15.9 Å². The molecule has 0 bridgehead atoms. The van der Waals surface area contributed by atoms with Crippen LogP contribution in [0.25, 0.3) is 0 Å². The number of hydrogen-bond acceptors (Lipinski definition) is 2. The molecule has 0 saturated heterocycles. The van der Waals surface area contributed by atoms with E-state index in [1.165, 1.54) is 0 Å². The largest absolute Gasteiger partial charge is 0.326 e. The number of benzene rings is 1. The van der Waals surface area contributed by atoms with E-state index in [0.717, 1.165) is 0 Å². The van der Waals surface area contributed by atoms with Crippen molar-refractivity contribution >= 4 is 39.1 Å². The molecule has 0 aliphatic heterocycles. The molecule has 1 aromatic rings. The van der Waals surface area contributed by atoms with Crippen LogP contribution in [-0.2, 0) is 9.59 Å². The van der Waals surface area contributed by atoms with E-state index in [-0.39, 0.29) is 16.6 Å². The summed E-state index contributed by atoms with van der Waals surface area (Å²) in [6.45, 7) is 7.32. The molecule has 0 aromatic heterocycles. The second-order valence-corrected chi connectivity index (χ2v) is 6.76. The van der Waals surface area contributed by atoms with Crippen LogP contribution in [0.4, 0.5) is 11.4 Å². The zero-order chi connectivity index (χ0) is 14.6. The molecular weight excluding hydrogens is 308 g/mol.